The van der Waals surface area contributed by atoms with Crippen molar-refractivity contribution in [3.63, 3.8) is 0 Å². The van der Waals surface area contributed by atoms with Crippen molar-refractivity contribution in [2.45, 2.75) is 19.4 Å². The van der Waals surface area contributed by atoms with Crippen molar-refractivity contribution in [2.24, 2.45) is 4.99 Å². The first-order valence-electron chi connectivity index (χ1n) is 6.71. The summed E-state index contributed by atoms with van der Waals surface area (Å²) in [7, 11) is 1.45. The lowest BCUT2D eigenvalue weighted by Gasteiger charge is -2.09. The van der Waals surface area contributed by atoms with Gasteiger partial charge in [-0.15, -0.1) is 0 Å². The fourth-order valence-corrected chi connectivity index (χ4v) is 3.37. The molecule has 6 nitrogen and oxygen atoms in total. The van der Waals surface area contributed by atoms with E-state index in [1.54, 1.807) is 18.2 Å². The van der Waals surface area contributed by atoms with Gasteiger partial charge in [-0.05, 0) is 30.7 Å². The molecule has 1 aliphatic rings. The molecule has 0 saturated heterocycles. The van der Waals surface area contributed by atoms with Crippen LogP contribution in [-0.4, -0.2) is 28.7 Å². The van der Waals surface area contributed by atoms with Gasteiger partial charge in [0, 0.05) is 6.42 Å². The Morgan fingerprint density at radius 1 is 1.45 bits per heavy atom. The van der Waals surface area contributed by atoms with E-state index in [-0.39, 0.29) is 29.7 Å². The van der Waals surface area contributed by atoms with Crippen molar-refractivity contribution in [3.8, 4) is 11.5 Å². The van der Waals surface area contributed by atoms with Crippen LogP contribution >= 0.6 is 11.3 Å². The van der Waals surface area contributed by atoms with E-state index in [9.17, 15) is 14.7 Å². The van der Waals surface area contributed by atoms with E-state index in [2.05, 4.69) is 4.99 Å². The monoisotopic (exact) mass is 318 g/mol. The van der Waals surface area contributed by atoms with E-state index in [1.165, 1.54) is 24.5 Å². The average Bonchev–Trinajstić information content (AvgIpc) is 2.77. The van der Waals surface area contributed by atoms with Crippen LogP contribution < -0.4 is 19.6 Å². The Hall–Kier alpha value is -2.41. The van der Waals surface area contributed by atoms with Crippen LogP contribution in [0.15, 0.2) is 28.0 Å². The molecule has 1 atom stereocenters. The number of hydrogen-bond acceptors (Lipinski definition) is 6. The number of aromatic nitrogens is 1. The molecule has 0 amide bonds. The molecule has 0 saturated carbocycles. The molecule has 1 aromatic carbocycles. The highest BCUT2D eigenvalue weighted by atomic mass is 32.1. The molecule has 0 bridgehead atoms. The Labute approximate surface area is 129 Å². The summed E-state index contributed by atoms with van der Waals surface area (Å²) in [6.07, 6.45) is 1.91. The van der Waals surface area contributed by atoms with E-state index < -0.39 is 0 Å². The van der Waals surface area contributed by atoms with Gasteiger partial charge < -0.3 is 9.84 Å². The number of aromatic hydroxyl groups is 1. The third-order valence-corrected chi connectivity index (χ3v) is 4.34. The van der Waals surface area contributed by atoms with E-state index in [0.29, 0.717) is 20.6 Å². The van der Waals surface area contributed by atoms with Crippen molar-refractivity contribution in [1.82, 2.24) is 4.57 Å². The number of carbonyl (C=O) groups excluding carboxylic acids is 1. The maximum absolute atomic E-state index is 12.3. The van der Waals surface area contributed by atoms with Crippen LogP contribution in [0, 0.1) is 0 Å². The summed E-state index contributed by atoms with van der Waals surface area (Å²) in [5.74, 6) is 0.132. The zero-order valence-corrected chi connectivity index (χ0v) is 12.9. The minimum atomic E-state index is -0.354. The molecule has 2 heterocycles. The number of carbonyl (C=O) groups is 1. The highest BCUT2D eigenvalue weighted by Crippen LogP contribution is 2.26. The number of phenols is 1. The third kappa shape index (κ3) is 2.43. The number of benzene rings is 1. The van der Waals surface area contributed by atoms with E-state index in [0.717, 1.165) is 4.57 Å². The molecule has 0 aliphatic carbocycles. The van der Waals surface area contributed by atoms with Crippen LogP contribution in [0.5, 0.6) is 11.5 Å². The summed E-state index contributed by atoms with van der Waals surface area (Å²) in [6.45, 7) is 1.85. The van der Waals surface area contributed by atoms with Crippen LogP contribution in [0.2, 0.25) is 0 Å². The SMILES string of the molecule is COc1cc(/C=c2/sc3n(c2=O)C(=O)CC(C)N=3)ccc1O. The lowest BCUT2D eigenvalue weighted by atomic mass is 10.2. The van der Waals surface area contributed by atoms with Crippen LogP contribution in [0.1, 0.15) is 23.7 Å². The molecule has 1 N–H and O–H groups in total. The van der Waals surface area contributed by atoms with Crippen molar-refractivity contribution >= 4 is 23.3 Å². The van der Waals surface area contributed by atoms with Gasteiger partial charge in [-0.2, -0.15) is 0 Å². The number of rotatable bonds is 2. The molecule has 1 aliphatic heterocycles. The molecule has 0 fully saturated rings. The van der Waals surface area contributed by atoms with Gasteiger partial charge in [-0.25, -0.2) is 4.57 Å². The summed E-state index contributed by atoms with van der Waals surface area (Å²) < 4.78 is 6.60. The second kappa shape index (κ2) is 5.42. The van der Waals surface area contributed by atoms with E-state index in [1.807, 2.05) is 6.92 Å². The van der Waals surface area contributed by atoms with Gasteiger partial charge >= 0.3 is 0 Å². The van der Waals surface area contributed by atoms with Crippen LogP contribution in [0.4, 0.5) is 0 Å². The molecular formula is C15H14N2O4S. The van der Waals surface area contributed by atoms with Gasteiger partial charge in [0.2, 0.25) is 5.91 Å². The number of ether oxygens (including phenoxy) is 1. The standard InChI is InChI=1S/C15H14N2O4S/c1-8-5-13(19)17-14(20)12(22-15(17)16-8)7-9-3-4-10(18)11(6-9)21-2/h3-4,6-8,18H,5H2,1-2H3/b12-7+. The predicted molar refractivity (Wildman–Crippen MR) is 82.3 cm³/mol. The summed E-state index contributed by atoms with van der Waals surface area (Å²) >= 11 is 1.19. The van der Waals surface area contributed by atoms with Crippen molar-refractivity contribution in [2.75, 3.05) is 7.11 Å². The van der Waals surface area contributed by atoms with Gasteiger partial charge in [-0.1, -0.05) is 17.4 Å². The number of nitrogens with zero attached hydrogens (tertiary/aromatic N) is 2. The first-order chi connectivity index (χ1) is 10.5. The maximum Gasteiger partial charge on any atom is 0.277 e. The summed E-state index contributed by atoms with van der Waals surface area (Å²) in [5.41, 5.74) is 0.346. The van der Waals surface area contributed by atoms with E-state index >= 15 is 0 Å². The molecule has 1 aromatic heterocycles. The molecule has 0 spiro atoms. The second-order valence-electron chi connectivity index (χ2n) is 5.04. The van der Waals surface area contributed by atoms with Crippen molar-refractivity contribution < 1.29 is 14.6 Å². The Bertz CT molecular complexity index is 926. The molecule has 3 rings (SSSR count). The number of fused-ring (bicyclic) bond motifs is 1. The third-order valence-electron chi connectivity index (χ3n) is 3.36. The Kier molecular flexibility index (Phi) is 3.58. The molecule has 0 radical (unpaired) electrons. The van der Waals surface area contributed by atoms with Crippen molar-refractivity contribution in [3.05, 3.63) is 43.5 Å². The van der Waals surface area contributed by atoms with Gasteiger partial charge in [0.05, 0.1) is 17.7 Å². The van der Waals surface area contributed by atoms with Crippen molar-refractivity contribution in [1.29, 1.82) is 0 Å². The molecule has 7 heteroatoms. The Morgan fingerprint density at radius 2 is 2.23 bits per heavy atom. The number of phenolic OH excluding ortho intramolecular Hbond substituents is 1. The minimum absolute atomic E-state index is 0.0286. The fourth-order valence-electron chi connectivity index (χ4n) is 2.29. The number of thiazole rings is 1. The normalized spacial score (nSPS) is 18.0. The molecule has 22 heavy (non-hydrogen) atoms. The quantitative estimate of drug-likeness (QED) is 0.874. The lowest BCUT2D eigenvalue weighted by molar-refractivity contribution is 0.0877. The smallest absolute Gasteiger partial charge is 0.277 e. The molecular weight excluding hydrogens is 304 g/mol. The van der Waals surface area contributed by atoms with Gasteiger partial charge in [0.25, 0.3) is 5.56 Å². The summed E-state index contributed by atoms with van der Waals surface area (Å²) in [6, 6.07) is 4.68. The van der Waals surface area contributed by atoms with Gasteiger partial charge in [0.1, 0.15) is 0 Å². The first-order valence-corrected chi connectivity index (χ1v) is 7.53. The second-order valence-corrected chi connectivity index (χ2v) is 6.05. The molecule has 1 unspecified atom stereocenters. The highest BCUT2D eigenvalue weighted by molar-refractivity contribution is 7.07. The number of methoxy groups -OCH3 is 1. The van der Waals surface area contributed by atoms with Crippen LogP contribution in [-0.2, 0) is 0 Å². The maximum atomic E-state index is 12.3. The predicted octanol–water partition coefficient (Wildman–Crippen LogP) is 0.505. The highest BCUT2D eigenvalue weighted by Gasteiger charge is 2.20. The van der Waals surface area contributed by atoms with E-state index in [4.69, 9.17) is 4.74 Å². The molecule has 114 valence electrons. The Balaban J connectivity index is 2.18. The average molecular weight is 318 g/mol. The van der Waals surface area contributed by atoms with Gasteiger partial charge in [-0.3, -0.25) is 14.6 Å². The van der Waals surface area contributed by atoms with Gasteiger partial charge in [0.15, 0.2) is 16.3 Å². The Morgan fingerprint density at radius 3 is 2.95 bits per heavy atom. The number of hydrogen-bond donors (Lipinski definition) is 1. The zero-order chi connectivity index (χ0) is 15.9. The summed E-state index contributed by atoms with van der Waals surface area (Å²) in [4.78, 5) is 29.1. The lowest BCUT2D eigenvalue weighted by Crippen LogP contribution is -2.40. The summed E-state index contributed by atoms with van der Waals surface area (Å²) in [5, 5.41) is 9.59. The first kappa shape index (κ1) is 14.5. The molecule has 2 aromatic rings. The topological polar surface area (TPSA) is 80.9 Å². The van der Waals surface area contributed by atoms with Crippen LogP contribution in [0.3, 0.4) is 0 Å². The zero-order valence-electron chi connectivity index (χ0n) is 12.1. The largest absolute Gasteiger partial charge is 0.504 e. The minimum Gasteiger partial charge on any atom is -0.504 e. The fraction of sp³-hybridized carbons (Fsp3) is 0.267. The van der Waals surface area contributed by atoms with Crippen LogP contribution in [0.25, 0.3) is 6.08 Å².